The first kappa shape index (κ1) is 15.0. The van der Waals surface area contributed by atoms with Crippen molar-refractivity contribution in [2.75, 3.05) is 0 Å². The number of hydrogen-bond acceptors (Lipinski definition) is 3. The van der Waals surface area contributed by atoms with Gasteiger partial charge in [-0.1, -0.05) is 12.8 Å². The van der Waals surface area contributed by atoms with Gasteiger partial charge < -0.3 is 9.84 Å². The Labute approximate surface area is 109 Å². The lowest BCUT2D eigenvalue weighted by atomic mass is 9.73. The Morgan fingerprint density at radius 1 is 1.17 bits per heavy atom. The molecule has 0 aromatic carbocycles. The van der Waals surface area contributed by atoms with Gasteiger partial charge in [0, 0.05) is 0 Å². The lowest BCUT2D eigenvalue weighted by molar-refractivity contribution is -0.166. The fraction of sp³-hybridized carbons (Fsp3) is 0.857. The predicted octanol–water partition coefficient (Wildman–Crippen LogP) is 3.00. The monoisotopic (exact) mass is 256 g/mol. The zero-order valence-corrected chi connectivity index (χ0v) is 11.8. The highest BCUT2D eigenvalue weighted by molar-refractivity contribution is 5.82. The number of rotatable bonds is 4. The summed E-state index contributed by atoms with van der Waals surface area (Å²) in [5, 5.41) is 9.43. The molecule has 18 heavy (non-hydrogen) atoms. The molecular weight excluding hydrogens is 232 g/mol. The van der Waals surface area contributed by atoms with Gasteiger partial charge in [0.05, 0.1) is 11.8 Å². The number of hydrogen-bond donors (Lipinski definition) is 1. The van der Waals surface area contributed by atoms with Crippen LogP contribution in [0.15, 0.2) is 0 Å². The summed E-state index contributed by atoms with van der Waals surface area (Å²) in [6, 6.07) is 0. The van der Waals surface area contributed by atoms with Crippen LogP contribution in [0.5, 0.6) is 0 Å². The van der Waals surface area contributed by atoms with E-state index >= 15 is 0 Å². The van der Waals surface area contributed by atoms with E-state index in [1.165, 1.54) is 0 Å². The maximum absolute atomic E-state index is 11.8. The van der Waals surface area contributed by atoms with E-state index in [4.69, 9.17) is 4.74 Å². The maximum Gasteiger partial charge on any atom is 0.310 e. The molecule has 1 aliphatic carbocycles. The summed E-state index contributed by atoms with van der Waals surface area (Å²) in [6.45, 7) is 7.05. The van der Waals surface area contributed by atoms with Crippen molar-refractivity contribution < 1.29 is 19.4 Å². The Balaban J connectivity index is 2.74. The summed E-state index contributed by atoms with van der Waals surface area (Å²) in [7, 11) is 0. The Kier molecular flexibility index (Phi) is 4.41. The highest BCUT2D eigenvalue weighted by atomic mass is 16.6. The minimum atomic E-state index is -0.987. The van der Waals surface area contributed by atoms with Gasteiger partial charge in [-0.25, -0.2) is 0 Å². The predicted molar refractivity (Wildman–Crippen MR) is 68.2 cm³/mol. The number of esters is 1. The second-order valence-electron chi connectivity index (χ2n) is 6.47. The van der Waals surface area contributed by atoms with Crippen LogP contribution in [-0.2, 0) is 14.3 Å². The van der Waals surface area contributed by atoms with Gasteiger partial charge in [0.15, 0.2) is 0 Å². The first-order valence-electron chi connectivity index (χ1n) is 6.60. The standard InChI is InChI=1S/C14H24O4/c1-13(2,3)18-11(15)9-14(4,12(16)17)10-7-5-6-8-10/h10H,5-9H2,1-4H3,(H,16,17). The van der Waals surface area contributed by atoms with E-state index in [1.54, 1.807) is 27.7 Å². The summed E-state index contributed by atoms with van der Waals surface area (Å²) >= 11 is 0. The molecule has 0 bridgehead atoms. The Morgan fingerprint density at radius 2 is 1.67 bits per heavy atom. The number of carbonyl (C=O) groups is 2. The van der Waals surface area contributed by atoms with Gasteiger partial charge in [-0.15, -0.1) is 0 Å². The van der Waals surface area contributed by atoms with E-state index in [9.17, 15) is 14.7 Å². The molecule has 0 amide bonds. The van der Waals surface area contributed by atoms with E-state index in [1.807, 2.05) is 0 Å². The van der Waals surface area contributed by atoms with Crippen LogP contribution >= 0.6 is 0 Å². The molecule has 1 aliphatic rings. The van der Waals surface area contributed by atoms with Gasteiger partial charge in [0.25, 0.3) is 0 Å². The molecule has 0 spiro atoms. The molecule has 1 fully saturated rings. The summed E-state index contributed by atoms with van der Waals surface area (Å²) in [5.41, 5.74) is -1.55. The normalized spacial score (nSPS) is 20.4. The molecule has 1 N–H and O–H groups in total. The van der Waals surface area contributed by atoms with Crippen LogP contribution in [0.1, 0.15) is 59.8 Å². The van der Waals surface area contributed by atoms with Crippen molar-refractivity contribution in [3.05, 3.63) is 0 Å². The topological polar surface area (TPSA) is 63.6 Å². The minimum Gasteiger partial charge on any atom is -0.481 e. The molecule has 0 aromatic heterocycles. The zero-order chi connectivity index (χ0) is 14.0. The van der Waals surface area contributed by atoms with Crippen molar-refractivity contribution in [3.8, 4) is 0 Å². The van der Waals surface area contributed by atoms with Crippen molar-refractivity contribution >= 4 is 11.9 Å². The van der Waals surface area contributed by atoms with Crippen LogP contribution in [0, 0.1) is 11.3 Å². The average Bonchev–Trinajstić information content (AvgIpc) is 2.66. The Morgan fingerprint density at radius 3 is 2.06 bits per heavy atom. The SMILES string of the molecule is CC(C)(C)OC(=O)CC(C)(C(=O)O)C1CCCC1. The third kappa shape index (κ3) is 3.72. The number of carboxylic acids is 1. The van der Waals surface area contributed by atoms with Gasteiger partial charge in [-0.2, -0.15) is 0 Å². The summed E-state index contributed by atoms with van der Waals surface area (Å²) in [6.07, 6.45) is 3.87. The molecule has 4 heteroatoms. The second kappa shape index (κ2) is 5.29. The molecule has 0 aromatic rings. The summed E-state index contributed by atoms with van der Waals surface area (Å²) in [4.78, 5) is 23.4. The fourth-order valence-corrected chi connectivity index (χ4v) is 2.63. The molecule has 0 saturated heterocycles. The van der Waals surface area contributed by atoms with Gasteiger partial charge in [-0.05, 0) is 46.5 Å². The lowest BCUT2D eigenvalue weighted by Crippen LogP contribution is -2.38. The quantitative estimate of drug-likeness (QED) is 0.785. The average molecular weight is 256 g/mol. The van der Waals surface area contributed by atoms with Gasteiger partial charge in [0.2, 0.25) is 0 Å². The lowest BCUT2D eigenvalue weighted by Gasteiger charge is -2.31. The molecular formula is C14H24O4. The van der Waals surface area contributed by atoms with Crippen molar-refractivity contribution in [3.63, 3.8) is 0 Å². The molecule has 0 heterocycles. The number of carbonyl (C=O) groups excluding carboxylic acids is 1. The summed E-state index contributed by atoms with van der Waals surface area (Å²) in [5.74, 6) is -1.22. The van der Waals surface area contributed by atoms with Crippen molar-refractivity contribution in [2.24, 2.45) is 11.3 Å². The van der Waals surface area contributed by atoms with Crippen LogP contribution < -0.4 is 0 Å². The fourth-order valence-electron chi connectivity index (χ4n) is 2.63. The van der Waals surface area contributed by atoms with E-state index < -0.39 is 23.0 Å². The second-order valence-corrected chi connectivity index (χ2v) is 6.47. The van der Waals surface area contributed by atoms with Gasteiger partial charge >= 0.3 is 11.9 Å². The van der Waals surface area contributed by atoms with Crippen LogP contribution in [0.4, 0.5) is 0 Å². The van der Waals surface area contributed by atoms with E-state index in [-0.39, 0.29) is 12.3 Å². The Bertz CT molecular complexity index is 323. The van der Waals surface area contributed by atoms with E-state index in [2.05, 4.69) is 0 Å². The van der Waals surface area contributed by atoms with E-state index in [0.29, 0.717) is 0 Å². The van der Waals surface area contributed by atoms with Crippen LogP contribution in [-0.4, -0.2) is 22.6 Å². The van der Waals surface area contributed by atoms with Crippen LogP contribution in [0.2, 0.25) is 0 Å². The van der Waals surface area contributed by atoms with Gasteiger partial charge in [-0.3, -0.25) is 9.59 Å². The molecule has 1 saturated carbocycles. The highest BCUT2D eigenvalue weighted by Gasteiger charge is 2.45. The number of carboxylic acid groups (broad SMARTS) is 1. The molecule has 0 radical (unpaired) electrons. The summed E-state index contributed by atoms with van der Waals surface area (Å²) < 4.78 is 5.24. The van der Waals surface area contributed by atoms with Crippen molar-refractivity contribution in [1.29, 1.82) is 0 Å². The third-order valence-corrected chi connectivity index (χ3v) is 3.68. The maximum atomic E-state index is 11.8. The van der Waals surface area contributed by atoms with E-state index in [0.717, 1.165) is 25.7 Å². The number of aliphatic carboxylic acids is 1. The largest absolute Gasteiger partial charge is 0.481 e. The first-order chi connectivity index (χ1) is 8.15. The Hall–Kier alpha value is -1.06. The third-order valence-electron chi connectivity index (χ3n) is 3.68. The molecule has 0 aliphatic heterocycles. The van der Waals surface area contributed by atoms with Crippen LogP contribution in [0.3, 0.4) is 0 Å². The number of ether oxygens (including phenoxy) is 1. The minimum absolute atomic E-state index is 0.0374. The smallest absolute Gasteiger partial charge is 0.310 e. The molecule has 1 atom stereocenters. The molecule has 1 unspecified atom stereocenters. The highest BCUT2D eigenvalue weighted by Crippen LogP contribution is 2.42. The zero-order valence-electron chi connectivity index (χ0n) is 11.8. The first-order valence-corrected chi connectivity index (χ1v) is 6.60. The molecule has 1 rings (SSSR count). The van der Waals surface area contributed by atoms with Crippen molar-refractivity contribution in [1.82, 2.24) is 0 Å². The van der Waals surface area contributed by atoms with Crippen LogP contribution in [0.25, 0.3) is 0 Å². The molecule has 4 nitrogen and oxygen atoms in total. The van der Waals surface area contributed by atoms with Crippen molar-refractivity contribution in [2.45, 2.75) is 65.4 Å². The van der Waals surface area contributed by atoms with Gasteiger partial charge in [0.1, 0.15) is 5.60 Å². The molecule has 104 valence electrons.